The van der Waals surface area contributed by atoms with Crippen LogP contribution in [0.3, 0.4) is 0 Å². The molecular weight excluding hydrogens is 414 g/mol. The number of amides is 3. The third-order valence-corrected chi connectivity index (χ3v) is 6.59. The summed E-state index contributed by atoms with van der Waals surface area (Å²) < 4.78 is 0. The first kappa shape index (κ1) is 20.9. The summed E-state index contributed by atoms with van der Waals surface area (Å²) in [6.45, 7) is 2.15. The Morgan fingerprint density at radius 1 is 0.909 bits per heavy atom. The van der Waals surface area contributed by atoms with E-state index >= 15 is 0 Å². The lowest BCUT2D eigenvalue weighted by atomic mass is 9.98. The number of carbonyl (C=O) groups excluding carboxylic acids is 3. The Morgan fingerprint density at radius 2 is 1.55 bits per heavy atom. The molecular formula is C27H25N3O3. The summed E-state index contributed by atoms with van der Waals surface area (Å²) >= 11 is 0. The van der Waals surface area contributed by atoms with Gasteiger partial charge in [-0.15, -0.1) is 0 Å². The number of benzene rings is 3. The zero-order valence-corrected chi connectivity index (χ0v) is 18.5. The lowest BCUT2D eigenvalue weighted by Gasteiger charge is -2.48. The summed E-state index contributed by atoms with van der Waals surface area (Å²) in [5.41, 5.74) is 1.97. The van der Waals surface area contributed by atoms with Crippen LogP contribution >= 0.6 is 0 Å². The van der Waals surface area contributed by atoms with Crippen LogP contribution in [-0.2, 0) is 16.1 Å². The van der Waals surface area contributed by atoms with Crippen molar-refractivity contribution in [2.45, 2.75) is 32.0 Å². The van der Waals surface area contributed by atoms with Gasteiger partial charge in [0.15, 0.2) is 0 Å². The number of carbonyl (C=O) groups is 3. The minimum Gasteiger partial charge on any atom is -0.306 e. The first-order valence-corrected chi connectivity index (χ1v) is 11.1. The fourth-order valence-electron chi connectivity index (χ4n) is 4.86. The molecule has 6 heteroatoms. The van der Waals surface area contributed by atoms with E-state index in [4.69, 9.17) is 0 Å². The van der Waals surface area contributed by atoms with E-state index in [1.807, 2.05) is 73.7 Å². The average molecular weight is 440 g/mol. The van der Waals surface area contributed by atoms with Crippen molar-refractivity contribution in [1.82, 2.24) is 4.90 Å². The fourth-order valence-corrected chi connectivity index (χ4v) is 4.86. The maximum absolute atomic E-state index is 13.7. The molecule has 33 heavy (non-hydrogen) atoms. The van der Waals surface area contributed by atoms with E-state index in [0.717, 1.165) is 11.3 Å². The molecule has 0 saturated carbocycles. The van der Waals surface area contributed by atoms with Gasteiger partial charge in [-0.3, -0.25) is 19.3 Å². The van der Waals surface area contributed by atoms with Crippen molar-refractivity contribution in [3.8, 4) is 0 Å². The molecule has 1 unspecified atom stereocenters. The van der Waals surface area contributed by atoms with Gasteiger partial charge in [-0.2, -0.15) is 0 Å². The van der Waals surface area contributed by atoms with Crippen LogP contribution in [0.1, 0.15) is 35.7 Å². The van der Waals surface area contributed by atoms with Crippen molar-refractivity contribution in [1.29, 1.82) is 0 Å². The molecule has 0 radical (unpaired) electrons. The summed E-state index contributed by atoms with van der Waals surface area (Å²) in [7, 11) is 0. The van der Waals surface area contributed by atoms with Crippen molar-refractivity contribution in [3.63, 3.8) is 0 Å². The molecule has 0 N–H and O–H groups in total. The van der Waals surface area contributed by atoms with Gasteiger partial charge in [-0.25, -0.2) is 0 Å². The summed E-state index contributed by atoms with van der Waals surface area (Å²) in [5, 5.41) is 0. The van der Waals surface area contributed by atoms with Crippen molar-refractivity contribution in [2.24, 2.45) is 0 Å². The largest absolute Gasteiger partial charge is 0.306 e. The number of fused-ring (bicyclic) bond motifs is 3. The minimum atomic E-state index is -0.868. The SMILES string of the molecule is CC12CCC(=O)N1c1ccccc1C(=O)N2CC(=O)N(Cc1ccccc1)c1ccccc1. The molecule has 3 aromatic carbocycles. The van der Waals surface area contributed by atoms with E-state index in [9.17, 15) is 14.4 Å². The predicted octanol–water partition coefficient (Wildman–Crippen LogP) is 4.22. The van der Waals surface area contributed by atoms with E-state index in [0.29, 0.717) is 30.6 Å². The molecule has 3 aromatic rings. The van der Waals surface area contributed by atoms with Crippen LogP contribution in [0.5, 0.6) is 0 Å². The van der Waals surface area contributed by atoms with Gasteiger partial charge >= 0.3 is 0 Å². The zero-order chi connectivity index (χ0) is 23.0. The highest BCUT2D eigenvalue weighted by Crippen LogP contribution is 2.44. The molecule has 2 aliphatic rings. The quantitative estimate of drug-likeness (QED) is 0.598. The Labute approximate surface area is 193 Å². The van der Waals surface area contributed by atoms with Gasteiger partial charge in [-0.05, 0) is 43.2 Å². The normalized spacial score (nSPS) is 19.3. The van der Waals surface area contributed by atoms with Crippen LogP contribution in [-0.4, -0.2) is 34.8 Å². The molecule has 2 aliphatic heterocycles. The van der Waals surface area contributed by atoms with Crippen molar-refractivity contribution >= 4 is 29.1 Å². The van der Waals surface area contributed by atoms with Crippen LogP contribution in [0.2, 0.25) is 0 Å². The minimum absolute atomic E-state index is 0.0286. The van der Waals surface area contributed by atoms with E-state index in [1.54, 1.807) is 32.9 Å². The van der Waals surface area contributed by atoms with E-state index < -0.39 is 5.66 Å². The van der Waals surface area contributed by atoms with Crippen molar-refractivity contribution in [2.75, 3.05) is 16.3 Å². The topological polar surface area (TPSA) is 60.9 Å². The molecule has 3 amide bonds. The maximum atomic E-state index is 13.7. The van der Waals surface area contributed by atoms with Gasteiger partial charge in [0.1, 0.15) is 12.2 Å². The Morgan fingerprint density at radius 3 is 2.27 bits per heavy atom. The average Bonchev–Trinajstić information content (AvgIpc) is 3.16. The van der Waals surface area contributed by atoms with Gasteiger partial charge in [0, 0.05) is 12.1 Å². The Kier molecular flexibility index (Phi) is 5.21. The molecule has 1 fully saturated rings. The second kappa shape index (κ2) is 8.20. The molecule has 0 aliphatic carbocycles. The fraction of sp³-hybridized carbons (Fsp3) is 0.222. The monoisotopic (exact) mass is 439 g/mol. The predicted molar refractivity (Wildman–Crippen MR) is 127 cm³/mol. The van der Waals surface area contributed by atoms with Gasteiger partial charge in [0.2, 0.25) is 11.8 Å². The first-order valence-electron chi connectivity index (χ1n) is 11.1. The summed E-state index contributed by atoms with van der Waals surface area (Å²) in [6.07, 6.45) is 0.832. The maximum Gasteiger partial charge on any atom is 0.258 e. The van der Waals surface area contributed by atoms with Gasteiger partial charge < -0.3 is 9.80 Å². The van der Waals surface area contributed by atoms with Crippen LogP contribution in [0.25, 0.3) is 0 Å². The molecule has 1 saturated heterocycles. The van der Waals surface area contributed by atoms with Crippen LogP contribution < -0.4 is 9.80 Å². The molecule has 2 heterocycles. The van der Waals surface area contributed by atoms with E-state index in [2.05, 4.69) is 0 Å². The smallest absolute Gasteiger partial charge is 0.258 e. The zero-order valence-electron chi connectivity index (χ0n) is 18.5. The summed E-state index contributed by atoms with van der Waals surface area (Å²) in [5.74, 6) is -0.447. The number of rotatable bonds is 5. The molecule has 1 atom stereocenters. The third-order valence-electron chi connectivity index (χ3n) is 6.59. The molecule has 5 rings (SSSR count). The summed E-state index contributed by atoms with van der Waals surface area (Å²) in [4.78, 5) is 45.0. The van der Waals surface area contributed by atoms with E-state index in [1.165, 1.54) is 0 Å². The van der Waals surface area contributed by atoms with E-state index in [-0.39, 0.29) is 24.3 Å². The lowest BCUT2D eigenvalue weighted by molar-refractivity contribution is -0.122. The molecule has 0 spiro atoms. The molecule has 0 bridgehead atoms. The lowest BCUT2D eigenvalue weighted by Crippen LogP contribution is -2.64. The highest BCUT2D eigenvalue weighted by Gasteiger charge is 2.53. The van der Waals surface area contributed by atoms with Crippen LogP contribution in [0.15, 0.2) is 84.9 Å². The second-order valence-electron chi connectivity index (χ2n) is 8.66. The van der Waals surface area contributed by atoms with Gasteiger partial charge in [0.25, 0.3) is 5.91 Å². The number of hydrogen-bond donors (Lipinski definition) is 0. The third kappa shape index (κ3) is 3.57. The number of anilines is 2. The van der Waals surface area contributed by atoms with Gasteiger partial charge in [-0.1, -0.05) is 60.7 Å². The number of para-hydroxylation sites is 2. The molecule has 6 nitrogen and oxygen atoms in total. The highest BCUT2D eigenvalue weighted by molar-refractivity contribution is 6.11. The Bertz CT molecular complexity index is 1210. The Balaban J connectivity index is 1.50. The summed E-state index contributed by atoms with van der Waals surface area (Å²) in [6, 6.07) is 26.4. The van der Waals surface area contributed by atoms with Crippen molar-refractivity contribution in [3.05, 3.63) is 96.1 Å². The van der Waals surface area contributed by atoms with Crippen LogP contribution in [0, 0.1) is 0 Å². The highest BCUT2D eigenvalue weighted by atomic mass is 16.2. The molecule has 166 valence electrons. The van der Waals surface area contributed by atoms with Crippen LogP contribution in [0.4, 0.5) is 11.4 Å². The van der Waals surface area contributed by atoms with Gasteiger partial charge in [0.05, 0.1) is 17.8 Å². The Hall–Kier alpha value is -3.93. The standard InChI is InChI=1S/C27H25N3O3/c1-27-17-16-24(31)30(27)23-15-9-8-14-22(23)26(33)29(27)19-25(32)28(21-12-6-3-7-13-21)18-20-10-4-2-5-11-20/h2-15H,16-19H2,1H3. The number of nitrogens with zero attached hydrogens (tertiary/aromatic N) is 3. The second-order valence-corrected chi connectivity index (χ2v) is 8.66. The van der Waals surface area contributed by atoms with Crippen molar-refractivity contribution < 1.29 is 14.4 Å². The first-order chi connectivity index (χ1) is 16.0. The molecule has 0 aromatic heterocycles. The number of hydrogen-bond acceptors (Lipinski definition) is 3.